The predicted octanol–water partition coefficient (Wildman–Crippen LogP) is 3.94. The van der Waals surface area contributed by atoms with Crippen LogP contribution in [-0.4, -0.2) is 22.7 Å². The molecule has 0 unspecified atom stereocenters. The molecule has 0 aromatic carbocycles. The van der Waals surface area contributed by atoms with Gasteiger partial charge in [-0.25, -0.2) is 0 Å². The summed E-state index contributed by atoms with van der Waals surface area (Å²) >= 11 is 0. The molecule has 0 aromatic rings. The van der Waals surface area contributed by atoms with Crippen molar-refractivity contribution in [1.82, 2.24) is 0 Å². The minimum Gasteiger partial charge on any atom is -0.330 e. The largest absolute Gasteiger partial charge is 0.330 e. The molecule has 90 valence electrons. The summed E-state index contributed by atoms with van der Waals surface area (Å²) in [5.41, 5.74) is 7.28. The van der Waals surface area contributed by atoms with Gasteiger partial charge in [0.15, 0.2) is 0 Å². The minimum absolute atomic E-state index is 0.793. The van der Waals surface area contributed by atoms with Crippen LogP contribution in [-0.2, 0) is 0 Å². The van der Waals surface area contributed by atoms with E-state index in [0.717, 1.165) is 13.0 Å². The first-order valence-corrected chi connectivity index (χ1v) is 13.4. The zero-order valence-corrected chi connectivity index (χ0v) is 13.5. The van der Waals surface area contributed by atoms with Gasteiger partial charge in [-0.05, 0) is 25.1 Å². The summed E-state index contributed by atoms with van der Waals surface area (Å²) < 4.78 is 0. The molecule has 0 saturated carbocycles. The summed E-state index contributed by atoms with van der Waals surface area (Å²) in [7, 11) is -1.91. The van der Waals surface area contributed by atoms with E-state index >= 15 is 0 Å². The Bertz CT molecular complexity index is 191. The monoisotopic (exact) mass is 243 g/mol. The lowest BCUT2D eigenvalue weighted by molar-refractivity contribution is 0.991. The molecule has 0 heterocycles. The van der Waals surface area contributed by atoms with Gasteiger partial charge in [-0.15, -0.1) is 0 Å². The van der Waals surface area contributed by atoms with Crippen LogP contribution in [0.3, 0.4) is 0 Å². The molecule has 0 amide bonds. The summed E-state index contributed by atoms with van der Waals surface area (Å²) in [5.74, 6) is 0. The third-order valence-corrected chi connectivity index (χ3v) is 5.14. The molecule has 0 aromatic heterocycles. The molecule has 2 N–H and O–H groups in total. The van der Waals surface area contributed by atoms with Crippen molar-refractivity contribution < 1.29 is 0 Å². The Balaban J connectivity index is 4.46. The van der Waals surface area contributed by atoms with Crippen LogP contribution in [0.4, 0.5) is 0 Å². The molecule has 3 heteroatoms. The maximum Gasteiger partial charge on any atom is 0.0483 e. The van der Waals surface area contributed by atoms with Crippen LogP contribution in [0.1, 0.15) is 6.42 Å². The van der Waals surface area contributed by atoms with Crippen LogP contribution in [0.2, 0.25) is 51.4 Å². The van der Waals surface area contributed by atoms with Crippen molar-refractivity contribution in [1.29, 1.82) is 0 Å². The second-order valence-corrected chi connectivity index (χ2v) is 17.9. The quantitative estimate of drug-likeness (QED) is 0.555. The topological polar surface area (TPSA) is 26.0 Å². The van der Waals surface area contributed by atoms with Crippen molar-refractivity contribution in [3.05, 3.63) is 11.6 Å². The summed E-state index contributed by atoms with van der Waals surface area (Å²) in [6.45, 7) is 15.5. The Hall–Kier alpha value is 0.134. The van der Waals surface area contributed by atoms with Gasteiger partial charge in [-0.2, -0.15) is 0 Å². The van der Waals surface area contributed by atoms with Crippen molar-refractivity contribution in [3.8, 4) is 0 Å². The van der Waals surface area contributed by atoms with Gasteiger partial charge in [-0.1, -0.05) is 50.9 Å². The number of hydrogen-bond donors (Lipinski definition) is 1. The smallest absolute Gasteiger partial charge is 0.0483 e. The Kier molecular flexibility index (Phi) is 6.07. The van der Waals surface area contributed by atoms with Crippen LogP contribution in [0.15, 0.2) is 11.6 Å². The molecule has 0 radical (unpaired) electrons. The molecule has 0 fully saturated rings. The average Bonchev–Trinajstić information content (AvgIpc) is 1.94. The highest BCUT2D eigenvalue weighted by Gasteiger charge is 2.20. The standard InChI is InChI=1S/C12H29NSi2/c1-14(2,3)10-12(8-7-9-13)11-15(4,5)6/h8H,7,9-11,13H2,1-6H3. The van der Waals surface area contributed by atoms with E-state index in [9.17, 15) is 0 Å². The molecule has 0 atom stereocenters. The average molecular weight is 244 g/mol. The van der Waals surface area contributed by atoms with Crippen molar-refractivity contribution in [3.63, 3.8) is 0 Å². The zero-order valence-electron chi connectivity index (χ0n) is 11.5. The molecule has 0 spiro atoms. The number of hydrogen-bond acceptors (Lipinski definition) is 1. The van der Waals surface area contributed by atoms with Gasteiger partial charge >= 0.3 is 0 Å². The summed E-state index contributed by atoms with van der Waals surface area (Å²) in [4.78, 5) is 0. The van der Waals surface area contributed by atoms with Gasteiger partial charge in [0, 0.05) is 16.1 Å². The highest BCUT2D eigenvalue weighted by molar-refractivity contribution is 6.78. The first-order chi connectivity index (χ1) is 6.64. The van der Waals surface area contributed by atoms with Gasteiger partial charge in [0.2, 0.25) is 0 Å². The molecule has 0 rings (SSSR count). The van der Waals surface area contributed by atoms with Crippen LogP contribution >= 0.6 is 0 Å². The third-order valence-electron chi connectivity index (χ3n) is 2.11. The van der Waals surface area contributed by atoms with E-state index in [1.54, 1.807) is 5.57 Å². The minimum atomic E-state index is -0.957. The summed E-state index contributed by atoms with van der Waals surface area (Å²) in [6.07, 6.45) is 3.47. The van der Waals surface area contributed by atoms with Gasteiger partial charge in [0.25, 0.3) is 0 Å². The maximum absolute atomic E-state index is 5.58. The zero-order chi connectivity index (χ0) is 12.1. The molecule has 0 bridgehead atoms. The Morgan fingerprint density at radius 2 is 1.33 bits per heavy atom. The van der Waals surface area contributed by atoms with E-state index in [2.05, 4.69) is 45.4 Å². The number of nitrogens with two attached hydrogens (primary N) is 1. The van der Waals surface area contributed by atoms with E-state index in [0.29, 0.717) is 0 Å². The predicted molar refractivity (Wildman–Crippen MR) is 78.1 cm³/mol. The summed E-state index contributed by atoms with van der Waals surface area (Å²) in [6, 6.07) is 2.72. The number of rotatable bonds is 6. The van der Waals surface area contributed by atoms with E-state index in [-0.39, 0.29) is 0 Å². The Labute approximate surface area is 98.2 Å². The van der Waals surface area contributed by atoms with Crippen LogP contribution in [0.25, 0.3) is 0 Å². The SMILES string of the molecule is C[Si](C)(C)CC(=CCCN)C[Si](C)(C)C. The molecule has 0 aliphatic rings. The van der Waals surface area contributed by atoms with Crippen molar-refractivity contribution in [2.45, 2.75) is 57.8 Å². The number of allylic oxidation sites excluding steroid dienone is 1. The van der Waals surface area contributed by atoms with E-state index in [1.807, 2.05) is 0 Å². The first kappa shape index (κ1) is 15.1. The fraction of sp³-hybridized carbons (Fsp3) is 0.833. The van der Waals surface area contributed by atoms with Crippen LogP contribution in [0.5, 0.6) is 0 Å². The first-order valence-electron chi connectivity index (χ1n) is 6.02. The maximum atomic E-state index is 5.58. The molecule has 0 aliphatic carbocycles. The van der Waals surface area contributed by atoms with E-state index in [1.165, 1.54) is 12.1 Å². The van der Waals surface area contributed by atoms with Gasteiger partial charge in [0.05, 0.1) is 0 Å². The van der Waals surface area contributed by atoms with Gasteiger partial charge in [-0.3, -0.25) is 0 Å². The van der Waals surface area contributed by atoms with E-state index in [4.69, 9.17) is 5.73 Å². The van der Waals surface area contributed by atoms with Crippen molar-refractivity contribution in [2.24, 2.45) is 5.73 Å². The Morgan fingerprint density at radius 3 is 1.60 bits per heavy atom. The van der Waals surface area contributed by atoms with Crippen LogP contribution in [0, 0.1) is 0 Å². The lowest BCUT2D eigenvalue weighted by Gasteiger charge is -2.24. The molecule has 15 heavy (non-hydrogen) atoms. The normalized spacial score (nSPS) is 12.7. The van der Waals surface area contributed by atoms with Gasteiger partial charge in [0.1, 0.15) is 0 Å². The van der Waals surface area contributed by atoms with E-state index < -0.39 is 16.1 Å². The van der Waals surface area contributed by atoms with Crippen molar-refractivity contribution >= 4 is 16.1 Å². The lowest BCUT2D eigenvalue weighted by Crippen LogP contribution is -2.25. The third kappa shape index (κ3) is 10.4. The molecule has 1 nitrogen and oxygen atoms in total. The second-order valence-electron chi connectivity index (χ2n) is 6.91. The fourth-order valence-corrected chi connectivity index (χ4v) is 5.37. The molecular formula is C12H29NSi2. The van der Waals surface area contributed by atoms with Crippen molar-refractivity contribution in [2.75, 3.05) is 6.54 Å². The highest BCUT2D eigenvalue weighted by Crippen LogP contribution is 2.25. The molecule has 0 saturated heterocycles. The fourth-order valence-electron chi connectivity index (χ4n) is 1.86. The lowest BCUT2D eigenvalue weighted by atomic mass is 10.2. The Morgan fingerprint density at radius 1 is 0.933 bits per heavy atom. The molecular weight excluding hydrogens is 214 g/mol. The molecule has 0 aliphatic heterocycles. The van der Waals surface area contributed by atoms with Crippen LogP contribution < -0.4 is 5.73 Å². The summed E-state index contributed by atoms with van der Waals surface area (Å²) in [5, 5.41) is 0. The highest BCUT2D eigenvalue weighted by atomic mass is 28.3. The second kappa shape index (κ2) is 6.01. The van der Waals surface area contributed by atoms with Gasteiger partial charge < -0.3 is 5.73 Å².